The van der Waals surface area contributed by atoms with E-state index >= 15 is 0 Å². The molecule has 6 nitrogen and oxygen atoms in total. The van der Waals surface area contributed by atoms with Crippen LogP contribution in [-0.4, -0.2) is 56.4 Å². The van der Waals surface area contributed by atoms with Gasteiger partial charge in [0, 0.05) is 54.2 Å². The number of methoxy groups -OCH3 is 1. The lowest BCUT2D eigenvalue weighted by atomic mass is 10.1. The molecular formula is C25H27N3O3. The van der Waals surface area contributed by atoms with Gasteiger partial charge in [0.2, 0.25) is 0 Å². The number of aromatic nitrogens is 1. The van der Waals surface area contributed by atoms with Crippen molar-refractivity contribution < 1.29 is 14.2 Å². The molecule has 1 N–H and O–H groups in total. The van der Waals surface area contributed by atoms with Gasteiger partial charge < -0.3 is 19.5 Å². The van der Waals surface area contributed by atoms with E-state index in [2.05, 4.69) is 21.1 Å². The molecule has 2 aromatic carbocycles. The number of nitrogens with zero attached hydrogens (tertiary/aromatic N) is 2. The first kappa shape index (κ1) is 21.0. The average molecular weight is 418 g/mol. The zero-order valence-electron chi connectivity index (χ0n) is 17.8. The predicted octanol–water partition coefficient (Wildman–Crippen LogP) is 4.07. The molecule has 0 bridgehead atoms. The molecule has 3 aromatic rings. The summed E-state index contributed by atoms with van der Waals surface area (Å²) in [5, 5.41) is 4.40. The lowest BCUT2D eigenvalue weighted by molar-refractivity contribution is 0.0357. The molecule has 1 aliphatic rings. The number of hydrogen-bond acceptors (Lipinski definition) is 6. The Morgan fingerprint density at radius 1 is 1.16 bits per heavy atom. The van der Waals surface area contributed by atoms with Crippen LogP contribution >= 0.6 is 0 Å². The summed E-state index contributed by atoms with van der Waals surface area (Å²) in [6.45, 7) is 5.21. The van der Waals surface area contributed by atoms with Gasteiger partial charge in [-0.2, -0.15) is 0 Å². The van der Waals surface area contributed by atoms with E-state index < -0.39 is 0 Å². The molecule has 0 amide bonds. The van der Waals surface area contributed by atoms with Gasteiger partial charge in [-0.1, -0.05) is 12.0 Å². The van der Waals surface area contributed by atoms with Crippen LogP contribution in [0.15, 0.2) is 48.7 Å². The summed E-state index contributed by atoms with van der Waals surface area (Å²) in [7, 11) is 1.65. The normalized spacial score (nSPS) is 14.2. The molecule has 0 radical (unpaired) electrons. The zero-order valence-corrected chi connectivity index (χ0v) is 17.8. The minimum absolute atomic E-state index is 0.618. The van der Waals surface area contributed by atoms with Crippen molar-refractivity contribution in [3.8, 4) is 23.8 Å². The number of anilines is 2. The number of rotatable bonds is 8. The summed E-state index contributed by atoms with van der Waals surface area (Å²) in [5.74, 6) is 4.06. The highest BCUT2D eigenvalue weighted by Crippen LogP contribution is 2.35. The Hall–Kier alpha value is -3.27. The molecule has 2 heterocycles. The lowest BCUT2D eigenvalue weighted by Crippen LogP contribution is -2.37. The molecule has 0 spiro atoms. The fourth-order valence-electron chi connectivity index (χ4n) is 3.67. The highest BCUT2D eigenvalue weighted by molar-refractivity contribution is 5.95. The topological polar surface area (TPSA) is 55.9 Å². The second-order valence-corrected chi connectivity index (χ2v) is 7.38. The highest BCUT2D eigenvalue weighted by atomic mass is 16.5. The fraction of sp³-hybridized carbons (Fsp3) is 0.320. The van der Waals surface area contributed by atoms with Gasteiger partial charge in [-0.25, -0.2) is 0 Å². The van der Waals surface area contributed by atoms with E-state index in [1.165, 1.54) is 0 Å². The van der Waals surface area contributed by atoms with E-state index in [0.29, 0.717) is 18.1 Å². The van der Waals surface area contributed by atoms with Gasteiger partial charge in [0.05, 0.1) is 32.4 Å². The largest absolute Gasteiger partial charge is 0.493 e. The SMILES string of the molecule is C#Cc1cccc(Nc2ccnc3cc(OC)c(OCCCN4CCOCC4)cc23)c1. The first-order valence-electron chi connectivity index (χ1n) is 10.5. The third kappa shape index (κ3) is 5.26. The van der Waals surface area contributed by atoms with Gasteiger partial charge in [-0.3, -0.25) is 9.88 Å². The molecule has 0 saturated carbocycles. The Balaban J connectivity index is 1.51. The number of pyridine rings is 1. The molecule has 31 heavy (non-hydrogen) atoms. The van der Waals surface area contributed by atoms with Gasteiger partial charge in [-0.05, 0) is 36.8 Å². The maximum absolute atomic E-state index is 6.10. The van der Waals surface area contributed by atoms with Crippen LogP contribution in [0.4, 0.5) is 11.4 Å². The molecule has 160 valence electrons. The van der Waals surface area contributed by atoms with Gasteiger partial charge in [-0.15, -0.1) is 6.42 Å². The summed E-state index contributed by atoms with van der Waals surface area (Å²) in [5.41, 5.74) is 3.51. The van der Waals surface area contributed by atoms with E-state index in [1.54, 1.807) is 13.3 Å². The number of morpholine rings is 1. The number of benzene rings is 2. The Bertz CT molecular complexity index is 1070. The van der Waals surface area contributed by atoms with Crippen molar-refractivity contribution in [3.05, 3.63) is 54.2 Å². The van der Waals surface area contributed by atoms with Crippen LogP contribution in [0, 0.1) is 12.3 Å². The Morgan fingerprint density at radius 2 is 2.03 bits per heavy atom. The second kappa shape index (κ2) is 10.2. The molecule has 0 unspecified atom stereocenters. The van der Waals surface area contributed by atoms with Gasteiger partial charge >= 0.3 is 0 Å². The van der Waals surface area contributed by atoms with Gasteiger partial charge in [0.15, 0.2) is 11.5 Å². The summed E-state index contributed by atoms with van der Waals surface area (Å²) in [6.07, 6.45) is 8.25. The number of fused-ring (bicyclic) bond motifs is 1. The van der Waals surface area contributed by atoms with Crippen molar-refractivity contribution in [2.24, 2.45) is 0 Å². The number of nitrogens with one attached hydrogen (secondary N) is 1. The Labute approximate surface area is 183 Å². The van der Waals surface area contributed by atoms with E-state index in [1.807, 2.05) is 42.5 Å². The summed E-state index contributed by atoms with van der Waals surface area (Å²) < 4.78 is 17.1. The van der Waals surface area contributed by atoms with Gasteiger partial charge in [0.25, 0.3) is 0 Å². The first-order chi connectivity index (χ1) is 15.3. The third-order valence-electron chi connectivity index (χ3n) is 5.32. The van der Waals surface area contributed by atoms with Crippen LogP contribution in [0.1, 0.15) is 12.0 Å². The van der Waals surface area contributed by atoms with E-state index in [4.69, 9.17) is 20.6 Å². The van der Waals surface area contributed by atoms with E-state index in [-0.39, 0.29) is 0 Å². The summed E-state index contributed by atoms with van der Waals surface area (Å²) in [4.78, 5) is 6.90. The molecule has 1 saturated heterocycles. The Morgan fingerprint density at radius 3 is 2.84 bits per heavy atom. The van der Waals surface area contributed by atoms with Crippen molar-refractivity contribution in [1.82, 2.24) is 9.88 Å². The molecule has 1 fully saturated rings. The average Bonchev–Trinajstić information content (AvgIpc) is 2.82. The summed E-state index contributed by atoms with van der Waals surface area (Å²) in [6, 6.07) is 13.6. The van der Waals surface area contributed by atoms with Crippen LogP contribution in [0.3, 0.4) is 0 Å². The number of terminal acetylenes is 1. The third-order valence-corrected chi connectivity index (χ3v) is 5.32. The molecule has 6 heteroatoms. The quantitative estimate of drug-likeness (QED) is 0.441. The standard InChI is InChI=1S/C25H27N3O3/c1-3-19-6-4-7-20(16-19)27-22-8-9-26-23-18-24(29-2)25(17-21(22)23)31-13-5-10-28-11-14-30-15-12-28/h1,4,6-9,16-18H,5,10-15H2,2H3,(H,26,27). The minimum Gasteiger partial charge on any atom is -0.493 e. The second-order valence-electron chi connectivity index (χ2n) is 7.38. The first-order valence-corrected chi connectivity index (χ1v) is 10.5. The number of ether oxygens (including phenoxy) is 3. The van der Waals surface area contributed by atoms with Crippen LogP contribution in [0.2, 0.25) is 0 Å². The fourth-order valence-corrected chi connectivity index (χ4v) is 3.67. The van der Waals surface area contributed by atoms with Crippen LogP contribution in [-0.2, 0) is 4.74 Å². The molecular weight excluding hydrogens is 390 g/mol. The summed E-state index contributed by atoms with van der Waals surface area (Å²) >= 11 is 0. The molecule has 0 atom stereocenters. The van der Waals surface area contributed by atoms with Gasteiger partial charge in [0.1, 0.15) is 0 Å². The van der Waals surface area contributed by atoms with E-state index in [9.17, 15) is 0 Å². The lowest BCUT2D eigenvalue weighted by Gasteiger charge is -2.26. The maximum atomic E-state index is 6.10. The minimum atomic E-state index is 0.618. The molecule has 0 aliphatic carbocycles. The monoisotopic (exact) mass is 417 g/mol. The molecule has 1 aromatic heterocycles. The Kier molecular flexibility index (Phi) is 6.88. The predicted molar refractivity (Wildman–Crippen MR) is 123 cm³/mol. The van der Waals surface area contributed by atoms with Crippen molar-refractivity contribution in [3.63, 3.8) is 0 Å². The van der Waals surface area contributed by atoms with Crippen molar-refractivity contribution in [2.75, 3.05) is 51.9 Å². The van der Waals surface area contributed by atoms with Crippen molar-refractivity contribution >= 4 is 22.3 Å². The zero-order chi connectivity index (χ0) is 21.5. The highest BCUT2D eigenvalue weighted by Gasteiger charge is 2.13. The van der Waals surface area contributed by atoms with Crippen molar-refractivity contribution in [2.45, 2.75) is 6.42 Å². The molecule has 4 rings (SSSR count). The van der Waals surface area contributed by atoms with Crippen molar-refractivity contribution in [1.29, 1.82) is 0 Å². The van der Waals surface area contributed by atoms with Crippen LogP contribution < -0.4 is 14.8 Å². The molecule has 1 aliphatic heterocycles. The van der Waals surface area contributed by atoms with E-state index in [0.717, 1.165) is 67.1 Å². The number of hydrogen-bond donors (Lipinski definition) is 1. The smallest absolute Gasteiger partial charge is 0.162 e. The van der Waals surface area contributed by atoms with Crippen LogP contribution in [0.25, 0.3) is 10.9 Å². The maximum Gasteiger partial charge on any atom is 0.162 e. The van der Waals surface area contributed by atoms with Crippen LogP contribution in [0.5, 0.6) is 11.5 Å².